The molecule has 3 amide bonds. The van der Waals surface area contributed by atoms with Crippen molar-refractivity contribution < 1.29 is 19.1 Å². The van der Waals surface area contributed by atoms with E-state index in [1.165, 1.54) is 0 Å². The molecule has 0 atom stereocenters. The van der Waals surface area contributed by atoms with Crippen LogP contribution in [0.1, 0.15) is 49.5 Å². The summed E-state index contributed by atoms with van der Waals surface area (Å²) >= 11 is 0. The van der Waals surface area contributed by atoms with Gasteiger partial charge in [0.2, 0.25) is 0 Å². The Hall–Kier alpha value is -2.37. The molecule has 1 fully saturated rings. The maximum atomic E-state index is 11.9. The molecule has 2 N–H and O–H groups in total. The average Bonchev–Trinajstić information content (AvgIpc) is 3.27. The van der Waals surface area contributed by atoms with E-state index < -0.39 is 24.5 Å². The SMILES string of the molecule is CC(C)(C)c1ccc(C(=O)OCC(=O)NC(=O)NC2CC2)cc1. The molecule has 0 unspecified atom stereocenters. The Kier molecular flexibility index (Phi) is 5.03. The molecule has 0 spiro atoms. The van der Waals surface area contributed by atoms with Crippen LogP contribution in [-0.2, 0) is 14.9 Å². The maximum Gasteiger partial charge on any atom is 0.338 e. The number of benzene rings is 1. The molecule has 0 aromatic heterocycles. The summed E-state index contributed by atoms with van der Waals surface area (Å²) in [5.41, 5.74) is 1.47. The number of rotatable bonds is 4. The lowest BCUT2D eigenvalue weighted by Gasteiger charge is -2.18. The highest BCUT2D eigenvalue weighted by atomic mass is 16.5. The van der Waals surface area contributed by atoms with Gasteiger partial charge < -0.3 is 10.1 Å². The highest BCUT2D eigenvalue weighted by Crippen LogP contribution is 2.22. The summed E-state index contributed by atoms with van der Waals surface area (Å²) in [5, 5.41) is 4.73. The molecule has 2 rings (SSSR count). The van der Waals surface area contributed by atoms with Gasteiger partial charge in [-0.1, -0.05) is 32.9 Å². The second kappa shape index (κ2) is 6.81. The highest BCUT2D eigenvalue weighted by molar-refractivity contribution is 5.97. The van der Waals surface area contributed by atoms with Gasteiger partial charge in [0.25, 0.3) is 5.91 Å². The number of hydrogen-bond acceptors (Lipinski definition) is 4. The second-order valence-electron chi connectivity index (χ2n) is 6.70. The van der Waals surface area contributed by atoms with Gasteiger partial charge in [-0.05, 0) is 36.0 Å². The van der Waals surface area contributed by atoms with Crippen molar-refractivity contribution >= 4 is 17.9 Å². The summed E-state index contributed by atoms with van der Waals surface area (Å²) < 4.78 is 4.91. The van der Waals surface area contributed by atoms with Crippen molar-refractivity contribution in [1.82, 2.24) is 10.6 Å². The van der Waals surface area contributed by atoms with Crippen molar-refractivity contribution in [2.24, 2.45) is 0 Å². The third-order valence-corrected chi connectivity index (χ3v) is 3.49. The van der Waals surface area contributed by atoms with E-state index >= 15 is 0 Å². The Bertz CT molecular complexity index is 598. The molecule has 23 heavy (non-hydrogen) atoms. The van der Waals surface area contributed by atoms with Crippen LogP contribution in [0.2, 0.25) is 0 Å². The quantitative estimate of drug-likeness (QED) is 0.833. The Morgan fingerprint density at radius 2 is 1.74 bits per heavy atom. The lowest BCUT2D eigenvalue weighted by Crippen LogP contribution is -2.42. The van der Waals surface area contributed by atoms with Crippen LogP contribution in [0.25, 0.3) is 0 Å². The van der Waals surface area contributed by atoms with Gasteiger partial charge in [0.1, 0.15) is 0 Å². The van der Waals surface area contributed by atoms with Gasteiger partial charge in [0.15, 0.2) is 6.61 Å². The molecule has 1 aromatic carbocycles. The number of amides is 3. The van der Waals surface area contributed by atoms with Crippen LogP contribution in [0.4, 0.5) is 4.79 Å². The molecule has 0 aliphatic heterocycles. The van der Waals surface area contributed by atoms with Crippen LogP contribution in [0.15, 0.2) is 24.3 Å². The average molecular weight is 318 g/mol. The number of nitrogens with one attached hydrogen (secondary N) is 2. The first-order chi connectivity index (χ1) is 10.8. The van der Waals surface area contributed by atoms with E-state index in [1.807, 2.05) is 12.1 Å². The van der Waals surface area contributed by atoms with Crippen molar-refractivity contribution in [3.05, 3.63) is 35.4 Å². The standard InChI is InChI=1S/C17H22N2O4/c1-17(2,3)12-6-4-11(5-7-12)15(21)23-10-14(20)19-16(22)18-13-8-9-13/h4-7,13H,8-10H2,1-3H3,(H2,18,19,20,22). The van der Waals surface area contributed by atoms with Gasteiger partial charge in [0.05, 0.1) is 5.56 Å². The molecular weight excluding hydrogens is 296 g/mol. The molecule has 6 heteroatoms. The number of ether oxygens (including phenoxy) is 1. The van der Waals surface area contributed by atoms with E-state index in [0.717, 1.165) is 18.4 Å². The molecule has 1 aliphatic carbocycles. The molecule has 124 valence electrons. The van der Waals surface area contributed by atoms with E-state index in [0.29, 0.717) is 5.56 Å². The first-order valence-electron chi connectivity index (χ1n) is 7.64. The van der Waals surface area contributed by atoms with E-state index in [1.54, 1.807) is 12.1 Å². The molecule has 1 aliphatic rings. The lowest BCUT2D eigenvalue weighted by molar-refractivity contribution is -0.123. The molecule has 0 saturated heterocycles. The van der Waals surface area contributed by atoms with Crippen LogP contribution >= 0.6 is 0 Å². The van der Waals surface area contributed by atoms with Crippen LogP contribution in [0.3, 0.4) is 0 Å². The summed E-state index contributed by atoms with van der Waals surface area (Å²) in [6.45, 7) is 5.75. The fraction of sp³-hybridized carbons (Fsp3) is 0.471. The number of carbonyl (C=O) groups is 3. The molecule has 6 nitrogen and oxygen atoms in total. The van der Waals surface area contributed by atoms with Crippen molar-refractivity contribution in [2.75, 3.05) is 6.61 Å². The first kappa shape index (κ1) is 17.0. The van der Waals surface area contributed by atoms with E-state index in [2.05, 4.69) is 31.4 Å². The predicted molar refractivity (Wildman–Crippen MR) is 85.1 cm³/mol. The van der Waals surface area contributed by atoms with Crippen molar-refractivity contribution in [3.8, 4) is 0 Å². The summed E-state index contributed by atoms with van der Waals surface area (Å²) in [6, 6.07) is 6.66. The minimum atomic E-state index is -0.650. The number of imide groups is 1. The van der Waals surface area contributed by atoms with Gasteiger partial charge in [-0.3, -0.25) is 10.1 Å². The topological polar surface area (TPSA) is 84.5 Å². The molecule has 1 aromatic rings. The van der Waals surface area contributed by atoms with Gasteiger partial charge in [-0.25, -0.2) is 9.59 Å². The smallest absolute Gasteiger partial charge is 0.338 e. The summed E-state index contributed by atoms with van der Waals surface area (Å²) in [7, 11) is 0. The zero-order valence-corrected chi connectivity index (χ0v) is 13.6. The van der Waals surface area contributed by atoms with Crippen LogP contribution in [-0.4, -0.2) is 30.6 Å². The van der Waals surface area contributed by atoms with Gasteiger partial charge in [0, 0.05) is 6.04 Å². The number of urea groups is 1. The van der Waals surface area contributed by atoms with Gasteiger partial charge >= 0.3 is 12.0 Å². The molecule has 0 heterocycles. The zero-order chi connectivity index (χ0) is 17.0. The van der Waals surface area contributed by atoms with E-state index in [4.69, 9.17) is 4.74 Å². The lowest BCUT2D eigenvalue weighted by atomic mass is 9.87. The Morgan fingerprint density at radius 3 is 2.26 bits per heavy atom. The molecular formula is C17H22N2O4. The Labute approximate surface area is 135 Å². The van der Waals surface area contributed by atoms with Crippen LogP contribution < -0.4 is 10.6 Å². The monoisotopic (exact) mass is 318 g/mol. The van der Waals surface area contributed by atoms with Gasteiger partial charge in [-0.2, -0.15) is 0 Å². The van der Waals surface area contributed by atoms with Crippen molar-refractivity contribution in [2.45, 2.75) is 45.1 Å². The molecule has 0 radical (unpaired) electrons. The van der Waals surface area contributed by atoms with Crippen molar-refractivity contribution in [1.29, 1.82) is 0 Å². The van der Waals surface area contributed by atoms with Crippen molar-refractivity contribution in [3.63, 3.8) is 0 Å². The maximum absolute atomic E-state index is 11.9. The molecule has 1 saturated carbocycles. The first-order valence-corrected chi connectivity index (χ1v) is 7.64. The summed E-state index contributed by atoms with van der Waals surface area (Å²) in [4.78, 5) is 34.8. The largest absolute Gasteiger partial charge is 0.452 e. The third kappa shape index (κ3) is 5.39. The highest BCUT2D eigenvalue weighted by Gasteiger charge is 2.24. The zero-order valence-electron chi connectivity index (χ0n) is 13.6. The predicted octanol–water partition coefficient (Wildman–Crippen LogP) is 2.13. The van der Waals surface area contributed by atoms with Gasteiger partial charge in [-0.15, -0.1) is 0 Å². The minimum absolute atomic E-state index is 0.00274. The van der Waals surface area contributed by atoms with E-state index in [9.17, 15) is 14.4 Å². The third-order valence-electron chi connectivity index (χ3n) is 3.49. The Morgan fingerprint density at radius 1 is 1.13 bits per heavy atom. The summed E-state index contributed by atoms with van der Waals surface area (Å²) in [5.74, 6) is -1.24. The van der Waals surface area contributed by atoms with Crippen LogP contribution in [0, 0.1) is 0 Å². The molecule has 0 bridgehead atoms. The normalized spacial score (nSPS) is 14.0. The number of carbonyl (C=O) groups excluding carboxylic acids is 3. The minimum Gasteiger partial charge on any atom is -0.452 e. The fourth-order valence-electron chi connectivity index (χ4n) is 1.93. The number of esters is 1. The second-order valence-corrected chi connectivity index (χ2v) is 6.70. The fourth-order valence-corrected chi connectivity index (χ4v) is 1.93. The Balaban J connectivity index is 1.79. The summed E-state index contributed by atoms with van der Waals surface area (Å²) in [6.07, 6.45) is 1.86. The van der Waals surface area contributed by atoms with Crippen LogP contribution in [0.5, 0.6) is 0 Å². The van der Waals surface area contributed by atoms with E-state index in [-0.39, 0.29) is 11.5 Å². The number of hydrogen-bond donors (Lipinski definition) is 2.